The van der Waals surface area contributed by atoms with Crippen LogP contribution in [0.3, 0.4) is 0 Å². The second-order valence-corrected chi connectivity index (χ2v) is 5.17. The molecule has 1 aliphatic heterocycles. The van der Waals surface area contributed by atoms with Crippen molar-refractivity contribution in [2.24, 2.45) is 0 Å². The zero-order valence-corrected chi connectivity index (χ0v) is 9.98. The number of allylic oxidation sites excluding steroid dienone is 1. The number of para-hydroxylation sites is 1. The Balaban J connectivity index is 2.40. The largest absolute Gasteiger partial charge is 0.323 e. The Morgan fingerprint density at radius 2 is 2.00 bits per heavy atom. The van der Waals surface area contributed by atoms with E-state index in [1.54, 1.807) is 11.8 Å². The second kappa shape index (κ2) is 3.91. The van der Waals surface area contributed by atoms with Crippen molar-refractivity contribution in [3.63, 3.8) is 0 Å². The predicted octanol–water partition coefficient (Wildman–Crippen LogP) is 3.62. The zero-order chi connectivity index (χ0) is 10.1. The summed E-state index contributed by atoms with van der Waals surface area (Å²) < 4.78 is 0.219. The monoisotopic (exact) mass is 223 g/mol. The second-order valence-electron chi connectivity index (χ2n) is 3.38. The standard InChI is InChI=1S/C11H13NS2/c1-8-5-3-4-6-10(8)12-9(2)7-14-11(12)13/h3-7,11,13H,1-2H3. The Morgan fingerprint density at radius 3 is 2.57 bits per heavy atom. The van der Waals surface area contributed by atoms with Crippen LogP contribution in [0.4, 0.5) is 5.69 Å². The summed E-state index contributed by atoms with van der Waals surface area (Å²) >= 11 is 6.29. The van der Waals surface area contributed by atoms with E-state index in [2.05, 4.69) is 61.0 Å². The Hall–Kier alpha value is -0.540. The average Bonchev–Trinajstić information content (AvgIpc) is 2.48. The summed E-state index contributed by atoms with van der Waals surface area (Å²) in [5.74, 6) is 0. The van der Waals surface area contributed by atoms with Gasteiger partial charge in [0, 0.05) is 11.4 Å². The molecular formula is C11H13NS2. The van der Waals surface area contributed by atoms with Gasteiger partial charge in [-0.25, -0.2) is 0 Å². The van der Waals surface area contributed by atoms with Crippen LogP contribution in [0.1, 0.15) is 12.5 Å². The predicted molar refractivity (Wildman–Crippen MR) is 67.8 cm³/mol. The van der Waals surface area contributed by atoms with E-state index >= 15 is 0 Å². The molecule has 0 fully saturated rings. The summed E-state index contributed by atoms with van der Waals surface area (Å²) in [6.07, 6.45) is 0. The van der Waals surface area contributed by atoms with Crippen LogP contribution in [-0.4, -0.2) is 4.71 Å². The summed E-state index contributed by atoms with van der Waals surface area (Å²) in [7, 11) is 0. The highest BCUT2D eigenvalue weighted by Crippen LogP contribution is 2.38. The maximum absolute atomic E-state index is 4.54. The lowest BCUT2D eigenvalue weighted by Crippen LogP contribution is -2.23. The van der Waals surface area contributed by atoms with Gasteiger partial charge < -0.3 is 4.90 Å². The van der Waals surface area contributed by atoms with Crippen molar-refractivity contribution in [1.29, 1.82) is 0 Å². The smallest absolute Gasteiger partial charge is 0.127 e. The van der Waals surface area contributed by atoms with Gasteiger partial charge in [0.1, 0.15) is 4.71 Å². The van der Waals surface area contributed by atoms with Crippen LogP contribution in [0, 0.1) is 6.92 Å². The van der Waals surface area contributed by atoms with Crippen molar-refractivity contribution in [3.8, 4) is 0 Å². The molecule has 74 valence electrons. The zero-order valence-electron chi connectivity index (χ0n) is 8.27. The Morgan fingerprint density at radius 1 is 1.29 bits per heavy atom. The Labute approximate surface area is 94.6 Å². The van der Waals surface area contributed by atoms with E-state index in [0.29, 0.717) is 0 Å². The molecule has 14 heavy (non-hydrogen) atoms. The molecule has 1 aliphatic rings. The van der Waals surface area contributed by atoms with Gasteiger partial charge in [-0.2, -0.15) is 0 Å². The molecule has 0 amide bonds. The SMILES string of the molecule is CC1=CSC(S)N1c1ccccc1C. The number of aryl methyl sites for hydroxylation is 1. The van der Waals surface area contributed by atoms with Crippen LogP contribution in [-0.2, 0) is 0 Å². The van der Waals surface area contributed by atoms with Crippen molar-refractivity contribution in [3.05, 3.63) is 40.9 Å². The highest BCUT2D eigenvalue weighted by Gasteiger charge is 2.23. The summed E-state index contributed by atoms with van der Waals surface area (Å²) in [6, 6.07) is 8.40. The van der Waals surface area contributed by atoms with Crippen LogP contribution >= 0.6 is 24.4 Å². The van der Waals surface area contributed by atoms with Gasteiger partial charge in [0.25, 0.3) is 0 Å². The minimum absolute atomic E-state index is 0.219. The molecule has 1 atom stereocenters. The third kappa shape index (κ3) is 1.66. The number of rotatable bonds is 1. The highest BCUT2D eigenvalue weighted by molar-refractivity contribution is 8.12. The molecule has 0 aliphatic carbocycles. The van der Waals surface area contributed by atoms with Crippen LogP contribution in [0.5, 0.6) is 0 Å². The molecule has 0 bridgehead atoms. The summed E-state index contributed by atoms with van der Waals surface area (Å²) in [4.78, 5) is 2.25. The van der Waals surface area contributed by atoms with Crippen LogP contribution in [0.2, 0.25) is 0 Å². The maximum Gasteiger partial charge on any atom is 0.127 e. The van der Waals surface area contributed by atoms with Gasteiger partial charge in [0.05, 0.1) is 0 Å². The first kappa shape index (κ1) is 9.99. The lowest BCUT2D eigenvalue weighted by atomic mass is 10.2. The first-order valence-electron chi connectivity index (χ1n) is 4.55. The number of hydrogen-bond donors (Lipinski definition) is 1. The average molecular weight is 223 g/mol. The van der Waals surface area contributed by atoms with Gasteiger partial charge in [0.2, 0.25) is 0 Å². The van der Waals surface area contributed by atoms with Gasteiger partial charge >= 0.3 is 0 Å². The van der Waals surface area contributed by atoms with Crippen molar-refractivity contribution < 1.29 is 0 Å². The Kier molecular flexibility index (Phi) is 2.79. The van der Waals surface area contributed by atoms with Crippen molar-refractivity contribution in [1.82, 2.24) is 0 Å². The van der Waals surface area contributed by atoms with E-state index in [-0.39, 0.29) is 4.71 Å². The lowest BCUT2D eigenvalue weighted by molar-refractivity contribution is 1.04. The molecule has 1 aromatic carbocycles. The quantitative estimate of drug-likeness (QED) is 0.724. The summed E-state index contributed by atoms with van der Waals surface area (Å²) in [6.45, 7) is 4.25. The molecular weight excluding hydrogens is 210 g/mol. The van der Waals surface area contributed by atoms with E-state index in [1.807, 2.05) is 0 Å². The first-order valence-corrected chi connectivity index (χ1v) is 6.01. The molecule has 0 radical (unpaired) electrons. The van der Waals surface area contributed by atoms with Crippen molar-refractivity contribution in [2.75, 3.05) is 4.90 Å². The van der Waals surface area contributed by atoms with E-state index in [4.69, 9.17) is 0 Å². The van der Waals surface area contributed by atoms with Gasteiger partial charge in [-0.1, -0.05) is 30.0 Å². The van der Waals surface area contributed by atoms with E-state index in [1.165, 1.54) is 16.9 Å². The highest BCUT2D eigenvalue weighted by atomic mass is 32.2. The third-order valence-electron chi connectivity index (χ3n) is 2.34. The van der Waals surface area contributed by atoms with Gasteiger partial charge in [-0.15, -0.1) is 12.6 Å². The van der Waals surface area contributed by atoms with Crippen molar-refractivity contribution in [2.45, 2.75) is 18.6 Å². The number of anilines is 1. The van der Waals surface area contributed by atoms with E-state index < -0.39 is 0 Å². The number of thioether (sulfide) groups is 1. The first-order chi connectivity index (χ1) is 6.70. The van der Waals surface area contributed by atoms with Crippen LogP contribution in [0.25, 0.3) is 0 Å². The molecule has 1 heterocycles. The lowest BCUT2D eigenvalue weighted by Gasteiger charge is -2.26. The summed E-state index contributed by atoms with van der Waals surface area (Å²) in [5, 5.41) is 2.16. The van der Waals surface area contributed by atoms with Crippen LogP contribution in [0.15, 0.2) is 35.4 Å². The normalized spacial score (nSPS) is 21.2. The molecule has 0 N–H and O–H groups in total. The fourth-order valence-electron chi connectivity index (χ4n) is 1.59. The maximum atomic E-state index is 4.54. The van der Waals surface area contributed by atoms with Gasteiger partial charge in [-0.05, 0) is 30.9 Å². The molecule has 1 unspecified atom stereocenters. The minimum Gasteiger partial charge on any atom is -0.323 e. The molecule has 0 saturated carbocycles. The van der Waals surface area contributed by atoms with Crippen molar-refractivity contribution >= 4 is 30.1 Å². The van der Waals surface area contributed by atoms with Gasteiger partial charge in [0.15, 0.2) is 0 Å². The van der Waals surface area contributed by atoms with E-state index in [0.717, 1.165) is 0 Å². The fourth-order valence-corrected chi connectivity index (χ4v) is 2.92. The molecule has 0 saturated heterocycles. The fraction of sp³-hybridized carbons (Fsp3) is 0.273. The minimum atomic E-state index is 0.219. The Bertz CT molecular complexity index is 373. The number of benzene rings is 1. The number of thiol groups is 1. The van der Waals surface area contributed by atoms with Gasteiger partial charge in [-0.3, -0.25) is 0 Å². The number of hydrogen-bond acceptors (Lipinski definition) is 3. The molecule has 0 aromatic heterocycles. The molecule has 2 rings (SSSR count). The molecule has 1 aromatic rings. The molecule has 0 spiro atoms. The van der Waals surface area contributed by atoms with Crippen LogP contribution < -0.4 is 4.90 Å². The topological polar surface area (TPSA) is 3.24 Å². The number of nitrogens with zero attached hydrogens (tertiary/aromatic N) is 1. The van der Waals surface area contributed by atoms with E-state index in [9.17, 15) is 0 Å². The third-order valence-corrected chi connectivity index (χ3v) is 3.86. The molecule has 3 heteroatoms. The summed E-state index contributed by atoms with van der Waals surface area (Å²) in [5.41, 5.74) is 3.82. The molecule has 1 nitrogen and oxygen atoms in total.